The van der Waals surface area contributed by atoms with Gasteiger partial charge in [0.25, 0.3) is 0 Å². The quantitative estimate of drug-likeness (QED) is 0.664. The third-order valence-corrected chi connectivity index (χ3v) is 5.58. The molecule has 6 heteroatoms. The molecule has 1 unspecified atom stereocenters. The smallest absolute Gasteiger partial charge is 0.233 e. The molecule has 0 radical (unpaired) electrons. The standard InChI is InChI=1S/C22H23N3O2S/c1-16-14-25(12-13-27-16)19(26)15-28-22-23-20(17-8-4-2-5-9-17)21(24-22)18-10-6-3-7-11-18/h2-11,16H,12-15H2,1H3,(H,23,24). The van der Waals surface area contributed by atoms with E-state index < -0.39 is 0 Å². The fourth-order valence-corrected chi connectivity index (χ4v) is 4.08. The van der Waals surface area contributed by atoms with Gasteiger partial charge in [-0.3, -0.25) is 4.79 Å². The van der Waals surface area contributed by atoms with Crippen LogP contribution in [0.25, 0.3) is 22.5 Å². The zero-order valence-electron chi connectivity index (χ0n) is 15.8. The number of carbonyl (C=O) groups excluding carboxylic acids is 1. The third kappa shape index (κ3) is 4.29. The Labute approximate surface area is 169 Å². The maximum absolute atomic E-state index is 12.6. The predicted molar refractivity (Wildman–Crippen MR) is 112 cm³/mol. The van der Waals surface area contributed by atoms with Crippen molar-refractivity contribution in [1.29, 1.82) is 0 Å². The first kappa shape index (κ1) is 18.8. The monoisotopic (exact) mass is 393 g/mol. The van der Waals surface area contributed by atoms with Gasteiger partial charge in [-0.1, -0.05) is 72.4 Å². The van der Waals surface area contributed by atoms with E-state index in [9.17, 15) is 4.79 Å². The Balaban J connectivity index is 1.55. The van der Waals surface area contributed by atoms with Crippen LogP contribution in [0.4, 0.5) is 0 Å². The van der Waals surface area contributed by atoms with Gasteiger partial charge in [-0.2, -0.15) is 0 Å². The Hall–Kier alpha value is -2.57. The first-order valence-corrected chi connectivity index (χ1v) is 10.4. The number of thioether (sulfide) groups is 1. The predicted octanol–water partition coefficient (Wildman–Crippen LogP) is 4.08. The number of aromatic nitrogens is 2. The van der Waals surface area contributed by atoms with Crippen LogP contribution in [0.15, 0.2) is 65.8 Å². The maximum atomic E-state index is 12.6. The van der Waals surface area contributed by atoms with E-state index >= 15 is 0 Å². The summed E-state index contributed by atoms with van der Waals surface area (Å²) in [6.07, 6.45) is 0.0979. The number of H-pyrrole nitrogens is 1. The summed E-state index contributed by atoms with van der Waals surface area (Å²) < 4.78 is 5.52. The van der Waals surface area contributed by atoms with Crippen LogP contribution in [0.2, 0.25) is 0 Å². The molecule has 0 aliphatic carbocycles. The van der Waals surface area contributed by atoms with Crippen LogP contribution in [-0.2, 0) is 9.53 Å². The van der Waals surface area contributed by atoms with Crippen LogP contribution in [0.3, 0.4) is 0 Å². The van der Waals surface area contributed by atoms with Crippen molar-refractivity contribution in [1.82, 2.24) is 14.9 Å². The van der Waals surface area contributed by atoms with Gasteiger partial charge in [0.1, 0.15) is 0 Å². The SMILES string of the molecule is CC1CN(C(=O)CSc2nc(-c3ccccc3)c(-c3ccccc3)[nH]2)CCO1. The van der Waals surface area contributed by atoms with Gasteiger partial charge in [0.05, 0.1) is 29.9 Å². The van der Waals surface area contributed by atoms with Crippen LogP contribution in [0, 0.1) is 0 Å². The molecule has 1 atom stereocenters. The van der Waals surface area contributed by atoms with Crippen molar-refractivity contribution in [2.45, 2.75) is 18.2 Å². The molecular weight excluding hydrogens is 370 g/mol. The number of nitrogens with one attached hydrogen (secondary N) is 1. The molecule has 2 aromatic carbocycles. The molecule has 0 spiro atoms. The average molecular weight is 394 g/mol. The van der Waals surface area contributed by atoms with Crippen LogP contribution >= 0.6 is 11.8 Å². The van der Waals surface area contributed by atoms with Gasteiger partial charge < -0.3 is 14.6 Å². The Morgan fingerprint density at radius 1 is 1.14 bits per heavy atom. The van der Waals surface area contributed by atoms with E-state index in [-0.39, 0.29) is 12.0 Å². The number of morpholine rings is 1. The second-order valence-corrected chi connectivity index (χ2v) is 7.77. The number of amides is 1. The van der Waals surface area contributed by atoms with Crippen LogP contribution in [0.1, 0.15) is 6.92 Å². The number of ether oxygens (including phenoxy) is 1. The van der Waals surface area contributed by atoms with Gasteiger partial charge in [-0.05, 0) is 6.92 Å². The minimum atomic E-state index is 0.0979. The Kier molecular flexibility index (Phi) is 5.78. The second kappa shape index (κ2) is 8.63. The van der Waals surface area contributed by atoms with E-state index in [1.54, 1.807) is 0 Å². The van der Waals surface area contributed by atoms with E-state index in [1.807, 2.05) is 48.2 Å². The van der Waals surface area contributed by atoms with Crippen molar-refractivity contribution in [2.75, 3.05) is 25.4 Å². The lowest BCUT2D eigenvalue weighted by molar-refractivity contribution is -0.135. The Morgan fingerprint density at radius 3 is 2.50 bits per heavy atom. The molecule has 1 aliphatic heterocycles. The lowest BCUT2D eigenvalue weighted by Crippen LogP contribution is -2.45. The van der Waals surface area contributed by atoms with E-state index in [1.165, 1.54) is 11.8 Å². The van der Waals surface area contributed by atoms with Gasteiger partial charge in [0.15, 0.2) is 5.16 Å². The largest absolute Gasteiger partial charge is 0.375 e. The summed E-state index contributed by atoms with van der Waals surface area (Å²) in [6, 6.07) is 20.3. The molecule has 0 saturated carbocycles. The molecule has 1 saturated heterocycles. The maximum Gasteiger partial charge on any atom is 0.233 e. The van der Waals surface area contributed by atoms with E-state index in [2.05, 4.69) is 29.2 Å². The number of hydrogen-bond donors (Lipinski definition) is 1. The summed E-state index contributed by atoms with van der Waals surface area (Å²) in [5.74, 6) is 0.488. The number of nitrogens with zero attached hydrogens (tertiary/aromatic N) is 2. The molecule has 1 aliphatic rings. The van der Waals surface area contributed by atoms with Crippen LogP contribution in [0.5, 0.6) is 0 Å². The van der Waals surface area contributed by atoms with Crippen molar-refractivity contribution in [3.8, 4) is 22.5 Å². The number of rotatable bonds is 5. The van der Waals surface area contributed by atoms with Gasteiger partial charge in [0.2, 0.25) is 5.91 Å². The van der Waals surface area contributed by atoms with E-state index in [0.717, 1.165) is 27.7 Å². The summed E-state index contributed by atoms with van der Waals surface area (Å²) in [7, 11) is 0. The molecule has 0 bridgehead atoms. The molecule has 1 aromatic heterocycles. The lowest BCUT2D eigenvalue weighted by Gasteiger charge is -2.31. The van der Waals surface area contributed by atoms with Gasteiger partial charge in [0, 0.05) is 24.2 Å². The third-order valence-electron chi connectivity index (χ3n) is 4.72. The van der Waals surface area contributed by atoms with E-state index in [4.69, 9.17) is 9.72 Å². The molecule has 4 rings (SSSR count). The Bertz CT molecular complexity index is 870. The molecule has 28 heavy (non-hydrogen) atoms. The topological polar surface area (TPSA) is 58.2 Å². The van der Waals surface area contributed by atoms with Gasteiger partial charge in [-0.25, -0.2) is 4.98 Å². The molecule has 3 aromatic rings. The highest BCUT2D eigenvalue weighted by Gasteiger charge is 2.22. The number of aromatic amines is 1. The molecule has 1 N–H and O–H groups in total. The van der Waals surface area contributed by atoms with E-state index in [0.29, 0.717) is 25.4 Å². The fourth-order valence-electron chi connectivity index (χ4n) is 3.30. The minimum Gasteiger partial charge on any atom is -0.375 e. The summed E-state index contributed by atoms with van der Waals surface area (Å²) in [4.78, 5) is 22.7. The molecule has 5 nitrogen and oxygen atoms in total. The normalized spacial score (nSPS) is 16.9. The zero-order chi connectivity index (χ0) is 19.3. The highest BCUT2D eigenvalue weighted by Crippen LogP contribution is 2.32. The van der Waals surface area contributed by atoms with Crippen molar-refractivity contribution in [3.63, 3.8) is 0 Å². The number of benzene rings is 2. The van der Waals surface area contributed by atoms with Gasteiger partial charge in [-0.15, -0.1) is 0 Å². The summed E-state index contributed by atoms with van der Waals surface area (Å²) in [5, 5.41) is 0.757. The van der Waals surface area contributed by atoms with Crippen LogP contribution in [-0.4, -0.2) is 52.3 Å². The van der Waals surface area contributed by atoms with Crippen molar-refractivity contribution in [2.24, 2.45) is 0 Å². The first-order valence-electron chi connectivity index (χ1n) is 9.44. The van der Waals surface area contributed by atoms with Crippen molar-refractivity contribution in [3.05, 3.63) is 60.7 Å². The number of imidazole rings is 1. The molecule has 2 heterocycles. The highest BCUT2D eigenvalue weighted by molar-refractivity contribution is 7.99. The number of carbonyl (C=O) groups is 1. The minimum absolute atomic E-state index is 0.0979. The van der Waals surface area contributed by atoms with Crippen LogP contribution < -0.4 is 0 Å². The molecular formula is C22H23N3O2S. The second-order valence-electron chi connectivity index (χ2n) is 6.81. The lowest BCUT2D eigenvalue weighted by atomic mass is 10.1. The number of hydrogen-bond acceptors (Lipinski definition) is 4. The van der Waals surface area contributed by atoms with Gasteiger partial charge >= 0.3 is 0 Å². The summed E-state index contributed by atoms with van der Waals surface area (Å²) >= 11 is 1.45. The summed E-state index contributed by atoms with van der Waals surface area (Å²) in [6.45, 7) is 3.92. The van der Waals surface area contributed by atoms with Crippen molar-refractivity contribution < 1.29 is 9.53 Å². The zero-order valence-corrected chi connectivity index (χ0v) is 16.6. The fraction of sp³-hybridized carbons (Fsp3) is 0.273. The Morgan fingerprint density at radius 2 is 1.82 bits per heavy atom. The first-order chi connectivity index (χ1) is 13.7. The van der Waals surface area contributed by atoms with Crippen molar-refractivity contribution >= 4 is 17.7 Å². The summed E-state index contributed by atoms with van der Waals surface area (Å²) in [5.41, 5.74) is 4.01. The highest BCUT2D eigenvalue weighted by atomic mass is 32.2. The molecule has 1 amide bonds. The molecule has 144 valence electrons. The molecule has 1 fully saturated rings. The average Bonchev–Trinajstić information content (AvgIpc) is 3.18.